The van der Waals surface area contributed by atoms with Crippen LogP contribution in [0, 0.1) is 0 Å². The average Bonchev–Trinajstić information content (AvgIpc) is 2.95. The molecule has 0 aliphatic carbocycles. The van der Waals surface area contributed by atoms with E-state index in [0.29, 0.717) is 0 Å². The second kappa shape index (κ2) is 31.2. The number of unbranched alkanes of at least 4 members (excludes halogenated alkanes) is 18. The Labute approximate surface area is 267 Å². The van der Waals surface area contributed by atoms with Crippen molar-refractivity contribution in [2.24, 2.45) is 0 Å². The van der Waals surface area contributed by atoms with Crippen LogP contribution >= 0.6 is 0 Å². The van der Waals surface area contributed by atoms with Crippen LogP contribution in [-0.4, -0.2) is 51.0 Å². The van der Waals surface area contributed by atoms with E-state index in [4.69, 9.17) is 4.74 Å². The van der Waals surface area contributed by atoms with Gasteiger partial charge in [0.1, 0.15) is 0 Å². The SMILES string of the molecule is CCCCCCCCCCCCOCCCCCCCCCCCC.[CaH2].c1ccc(-c2ccccc2)cc1. The van der Waals surface area contributed by atoms with Crippen LogP contribution in [0.4, 0.5) is 0 Å². The first-order chi connectivity index (χ1) is 18.4. The Morgan fingerprint density at radius 3 is 0.921 bits per heavy atom. The molecular formula is C36H62CaO. The quantitative estimate of drug-likeness (QED) is 0.0987. The van der Waals surface area contributed by atoms with Crippen LogP contribution in [0.25, 0.3) is 11.1 Å². The Kier molecular flexibility index (Phi) is 30.9. The molecule has 0 bridgehead atoms. The van der Waals surface area contributed by atoms with Crippen molar-refractivity contribution in [2.75, 3.05) is 13.2 Å². The zero-order chi connectivity index (χ0) is 26.5. The largest absolute Gasteiger partial charge is 0.0622 e. The molecule has 0 aliphatic rings. The molecule has 0 fully saturated rings. The monoisotopic (exact) mass is 550 g/mol. The first-order valence-electron chi connectivity index (χ1n) is 16.1. The summed E-state index contributed by atoms with van der Waals surface area (Å²) in [4.78, 5) is 0. The minimum absolute atomic E-state index is 0. The first-order valence-corrected chi connectivity index (χ1v) is 16.1. The van der Waals surface area contributed by atoms with E-state index in [9.17, 15) is 0 Å². The number of hydrogen-bond acceptors (Lipinski definition) is 1. The third-order valence-corrected chi connectivity index (χ3v) is 7.17. The van der Waals surface area contributed by atoms with Crippen LogP contribution in [0.15, 0.2) is 60.7 Å². The van der Waals surface area contributed by atoms with Crippen LogP contribution in [0.5, 0.6) is 0 Å². The number of benzene rings is 2. The average molecular weight is 551 g/mol. The van der Waals surface area contributed by atoms with Gasteiger partial charge in [0.2, 0.25) is 0 Å². The summed E-state index contributed by atoms with van der Waals surface area (Å²) in [5, 5.41) is 0. The van der Waals surface area contributed by atoms with Crippen LogP contribution in [0.1, 0.15) is 142 Å². The van der Waals surface area contributed by atoms with Crippen molar-refractivity contribution in [2.45, 2.75) is 142 Å². The first kappa shape index (κ1) is 37.7. The van der Waals surface area contributed by atoms with Crippen molar-refractivity contribution in [1.29, 1.82) is 0 Å². The molecule has 1 nitrogen and oxygen atoms in total. The van der Waals surface area contributed by atoms with E-state index in [0.717, 1.165) is 13.2 Å². The number of ether oxygens (including phenoxy) is 1. The molecular weight excluding hydrogens is 488 g/mol. The maximum absolute atomic E-state index is 5.78. The minimum Gasteiger partial charge on any atom is -0.0622 e. The summed E-state index contributed by atoms with van der Waals surface area (Å²) < 4.78 is 5.78. The van der Waals surface area contributed by atoms with E-state index in [-0.39, 0.29) is 37.7 Å². The fourth-order valence-corrected chi connectivity index (χ4v) is 4.75. The third-order valence-electron chi connectivity index (χ3n) is 7.17. The molecule has 0 radical (unpaired) electrons. The predicted octanol–water partition coefficient (Wildman–Crippen LogP) is 11.3. The van der Waals surface area contributed by atoms with Gasteiger partial charge in [-0.2, -0.15) is 0 Å². The normalized spacial score (nSPS) is 10.5. The molecule has 0 atom stereocenters. The fraction of sp³-hybridized carbons (Fsp3) is 0.667. The maximum Gasteiger partial charge on any atom is -0.0184 e. The molecule has 2 rings (SSSR count). The molecule has 0 N–H and O–H groups in total. The van der Waals surface area contributed by atoms with Crippen LogP contribution in [0.2, 0.25) is 0 Å². The molecule has 0 aromatic heterocycles. The van der Waals surface area contributed by atoms with Crippen molar-refractivity contribution in [3.8, 4) is 11.1 Å². The van der Waals surface area contributed by atoms with E-state index in [2.05, 4.69) is 62.4 Å². The van der Waals surface area contributed by atoms with E-state index in [1.807, 2.05) is 12.1 Å². The Morgan fingerprint density at radius 2 is 0.632 bits per heavy atom. The van der Waals surface area contributed by atoms with Crippen molar-refractivity contribution >= 4 is 37.7 Å². The Bertz CT molecular complexity index is 613. The van der Waals surface area contributed by atoms with Gasteiger partial charge in [-0.15, -0.1) is 0 Å². The summed E-state index contributed by atoms with van der Waals surface area (Å²) in [7, 11) is 0. The van der Waals surface area contributed by atoms with Crippen LogP contribution in [0.3, 0.4) is 0 Å². The predicted molar refractivity (Wildman–Crippen MR) is 175 cm³/mol. The molecule has 38 heavy (non-hydrogen) atoms. The zero-order valence-electron chi connectivity index (χ0n) is 24.7. The van der Waals surface area contributed by atoms with Gasteiger partial charge in [-0.05, 0) is 24.0 Å². The maximum atomic E-state index is 5.78. The Hall–Kier alpha value is -0.340. The van der Waals surface area contributed by atoms with Gasteiger partial charge in [0.05, 0.1) is 0 Å². The number of rotatable bonds is 23. The van der Waals surface area contributed by atoms with E-state index >= 15 is 0 Å². The van der Waals surface area contributed by atoms with Gasteiger partial charge >= 0.3 is 37.7 Å². The molecule has 2 aromatic rings. The summed E-state index contributed by atoms with van der Waals surface area (Å²) in [6.07, 6.45) is 28.2. The topological polar surface area (TPSA) is 9.23 Å². The van der Waals surface area contributed by atoms with Gasteiger partial charge in [-0.3, -0.25) is 0 Å². The molecule has 0 aliphatic heterocycles. The molecule has 0 spiro atoms. The van der Waals surface area contributed by atoms with Crippen LogP contribution < -0.4 is 0 Å². The second-order valence-corrected chi connectivity index (χ2v) is 10.7. The van der Waals surface area contributed by atoms with Gasteiger partial charge in [0, 0.05) is 13.2 Å². The molecule has 0 saturated heterocycles. The molecule has 0 heterocycles. The molecule has 2 heteroatoms. The van der Waals surface area contributed by atoms with Crippen molar-refractivity contribution < 1.29 is 4.74 Å². The van der Waals surface area contributed by atoms with Gasteiger partial charge in [0.15, 0.2) is 0 Å². The standard InChI is InChI=1S/C24H50O.C12H10.Ca.2H/c1-3-5-7-9-11-13-15-17-19-21-23-25-24-22-20-18-16-14-12-10-8-6-4-2;1-3-7-11(8-4-1)12-9-5-2-6-10-12;;;/h3-24H2,1-2H3;1-10H;;;. The summed E-state index contributed by atoms with van der Waals surface area (Å²) in [6, 6.07) is 20.8. The molecule has 2 aromatic carbocycles. The van der Waals surface area contributed by atoms with Crippen LogP contribution in [-0.2, 0) is 4.74 Å². The smallest absolute Gasteiger partial charge is 0.0184 e. The molecule has 214 valence electrons. The third kappa shape index (κ3) is 24.7. The fourth-order valence-electron chi connectivity index (χ4n) is 4.75. The van der Waals surface area contributed by atoms with Crippen molar-refractivity contribution in [1.82, 2.24) is 0 Å². The molecule has 0 amide bonds. The van der Waals surface area contributed by atoms with E-state index in [1.54, 1.807) is 0 Å². The van der Waals surface area contributed by atoms with Crippen molar-refractivity contribution in [3.63, 3.8) is 0 Å². The Balaban J connectivity index is 0.000000868. The summed E-state index contributed by atoms with van der Waals surface area (Å²) in [5.41, 5.74) is 2.55. The van der Waals surface area contributed by atoms with Gasteiger partial charge in [-0.1, -0.05) is 190 Å². The van der Waals surface area contributed by atoms with Gasteiger partial charge in [0.25, 0.3) is 0 Å². The molecule has 0 unspecified atom stereocenters. The van der Waals surface area contributed by atoms with Gasteiger partial charge < -0.3 is 4.74 Å². The van der Waals surface area contributed by atoms with E-state index < -0.39 is 0 Å². The minimum atomic E-state index is 0. The van der Waals surface area contributed by atoms with Crippen molar-refractivity contribution in [3.05, 3.63) is 60.7 Å². The Morgan fingerprint density at radius 1 is 0.368 bits per heavy atom. The number of hydrogen-bond donors (Lipinski definition) is 0. The summed E-state index contributed by atoms with van der Waals surface area (Å²) >= 11 is 0. The molecule has 0 saturated carbocycles. The van der Waals surface area contributed by atoms with E-state index in [1.165, 1.54) is 140 Å². The summed E-state index contributed by atoms with van der Waals surface area (Å²) in [6.45, 7) is 6.57. The van der Waals surface area contributed by atoms with Gasteiger partial charge in [-0.25, -0.2) is 0 Å². The second-order valence-electron chi connectivity index (χ2n) is 10.7. The summed E-state index contributed by atoms with van der Waals surface area (Å²) in [5.74, 6) is 0. The zero-order valence-corrected chi connectivity index (χ0v) is 24.7.